The molecule has 2 aliphatic rings. The van der Waals surface area contributed by atoms with Crippen molar-refractivity contribution in [2.24, 2.45) is 0 Å². The van der Waals surface area contributed by atoms with Crippen molar-refractivity contribution in [2.45, 2.75) is 17.3 Å². The van der Waals surface area contributed by atoms with E-state index in [9.17, 15) is 4.39 Å². The van der Waals surface area contributed by atoms with Gasteiger partial charge in [0.2, 0.25) is 11.1 Å². The van der Waals surface area contributed by atoms with Gasteiger partial charge < -0.3 is 10.1 Å². The molecule has 170 valence electrons. The lowest BCUT2D eigenvalue weighted by Crippen LogP contribution is -2.32. The summed E-state index contributed by atoms with van der Waals surface area (Å²) in [5, 5.41) is 9.48. The van der Waals surface area contributed by atoms with Gasteiger partial charge in [0.1, 0.15) is 23.7 Å². The third kappa shape index (κ3) is 3.61. The first-order valence-electron chi connectivity index (χ1n) is 10.5. The van der Waals surface area contributed by atoms with Crippen LogP contribution in [0.15, 0.2) is 81.9 Å². The highest BCUT2D eigenvalue weighted by molar-refractivity contribution is 9.10. The Kier molecular flexibility index (Phi) is 5.39. The molecule has 1 N–H and O–H groups in total. The number of anilines is 1. The summed E-state index contributed by atoms with van der Waals surface area (Å²) in [6.07, 6.45) is 1.53. The average molecular weight is 556 g/mol. The Morgan fingerprint density at radius 2 is 1.79 bits per heavy atom. The van der Waals surface area contributed by atoms with Crippen LogP contribution in [0.25, 0.3) is 5.70 Å². The summed E-state index contributed by atoms with van der Waals surface area (Å²) in [5.41, 5.74) is 4.54. The fraction of sp³-hybridized carbons (Fsp3) is 0.120. The lowest BCUT2D eigenvalue weighted by atomic mass is 9.84. The number of benzene rings is 3. The second kappa shape index (κ2) is 8.45. The summed E-state index contributed by atoms with van der Waals surface area (Å²) in [4.78, 5) is 4.67. The summed E-state index contributed by atoms with van der Waals surface area (Å²) in [7, 11) is 0. The van der Waals surface area contributed by atoms with Crippen molar-refractivity contribution in [3.8, 4) is 5.75 Å². The maximum absolute atomic E-state index is 13.9. The number of ether oxygens (including phenoxy) is 1. The number of thioether (sulfide) groups is 1. The van der Waals surface area contributed by atoms with E-state index >= 15 is 0 Å². The molecule has 5 nitrogen and oxygen atoms in total. The van der Waals surface area contributed by atoms with E-state index in [4.69, 9.17) is 21.4 Å². The number of hydrogen-bond donors (Lipinski definition) is 1. The molecule has 0 radical (unpaired) electrons. The SMILES string of the molecule is CSc1nc2n(n1)[C@@H](c1ccc(F)cc1)C1=C(N2)c2cc(Cl)ccc2O[C@@H]1c1ccc(Br)cc1. The second-order valence-electron chi connectivity index (χ2n) is 7.97. The summed E-state index contributed by atoms with van der Waals surface area (Å²) in [6.45, 7) is 0. The van der Waals surface area contributed by atoms with Gasteiger partial charge in [-0.05, 0) is 59.8 Å². The lowest BCUT2D eigenvalue weighted by Gasteiger charge is -2.39. The summed E-state index contributed by atoms with van der Waals surface area (Å²) in [5.74, 6) is 1.04. The number of nitrogens with zero attached hydrogens (tertiary/aromatic N) is 3. The van der Waals surface area contributed by atoms with Crippen LogP contribution in [0.1, 0.15) is 28.8 Å². The topological polar surface area (TPSA) is 52.0 Å². The molecule has 3 aromatic carbocycles. The molecule has 0 saturated carbocycles. The van der Waals surface area contributed by atoms with Crippen molar-refractivity contribution in [1.29, 1.82) is 0 Å². The lowest BCUT2D eigenvalue weighted by molar-refractivity contribution is 0.223. The predicted molar refractivity (Wildman–Crippen MR) is 136 cm³/mol. The van der Waals surface area contributed by atoms with Gasteiger partial charge in [-0.25, -0.2) is 9.07 Å². The highest BCUT2D eigenvalue weighted by atomic mass is 79.9. The molecule has 2 atom stereocenters. The van der Waals surface area contributed by atoms with Crippen LogP contribution in [-0.4, -0.2) is 21.0 Å². The van der Waals surface area contributed by atoms with Crippen molar-refractivity contribution < 1.29 is 9.13 Å². The predicted octanol–water partition coefficient (Wildman–Crippen LogP) is 7.11. The van der Waals surface area contributed by atoms with Gasteiger partial charge in [-0.3, -0.25) is 0 Å². The molecule has 0 bridgehead atoms. The fourth-order valence-electron chi connectivity index (χ4n) is 4.45. The molecule has 0 amide bonds. The van der Waals surface area contributed by atoms with Crippen LogP contribution >= 0.6 is 39.3 Å². The highest BCUT2D eigenvalue weighted by Crippen LogP contribution is 2.51. The molecule has 0 saturated heterocycles. The van der Waals surface area contributed by atoms with E-state index in [1.54, 1.807) is 12.1 Å². The van der Waals surface area contributed by atoms with E-state index in [-0.39, 0.29) is 11.9 Å². The van der Waals surface area contributed by atoms with Crippen LogP contribution in [-0.2, 0) is 0 Å². The van der Waals surface area contributed by atoms with Gasteiger partial charge in [0.25, 0.3) is 0 Å². The Bertz CT molecular complexity index is 1440. The molecule has 9 heteroatoms. The number of nitrogens with one attached hydrogen (secondary N) is 1. The van der Waals surface area contributed by atoms with Gasteiger partial charge in [-0.1, -0.05) is 63.6 Å². The second-order valence-corrected chi connectivity index (χ2v) is 10.1. The monoisotopic (exact) mass is 554 g/mol. The molecule has 2 aliphatic heterocycles. The third-order valence-electron chi connectivity index (χ3n) is 5.96. The maximum atomic E-state index is 13.9. The summed E-state index contributed by atoms with van der Waals surface area (Å²) in [6, 6.07) is 19.8. The number of halogens is 3. The minimum Gasteiger partial charge on any atom is -0.480 e. The van der Waals surface area contributed by atoms with E-state index in [1.807, 2.05) is 53.4 Å². The molecule has 0 spiro atoms. The molecular weight excluding hydrogens is 539 g/mol. The number of rotatable bonds is 3. The Labute approximate surface area is 213 Å². The van der Waals surface area contributed by atoms with E-state index in [0.29, 0.717) is 16.1 Å². The quantitative estimate of drug-likeness (QED) is 0.273. The van der Waals surface area contributed by atoms with Crippen LogP contribution in [0.2, 0.25) is 5.02 Å². The van der Waals surface area contributed by atoms with Gasteiger partial charge in [0.05, 0.1) is 5.70 Å². The minimum absolute atomic E-state index is 0.294. The van der Waals surface area contributed by atoms with E-state index in [0.717, 1.165) is 38.2 Å². The molecule has 0 fully saturated rings. The van der Waals surface area contributed by atoms with Gasteiger partial charge in [-0.2, -0.15) is 4.98 Å². The van der Waals surface area contributed by atoms with Crippen LogP contribution in [0.4, 0.5) is 10.3 Å². The van der Waals surface area contributed by atoms with Gasteiger partial charge in [-0.15, -0.1) is 5.10 Å². The molecule has 34 heavy (non-hydrogen) atoms. The Morgan fingerprint density at radius 3 is 2.53 bits per heavy atom. The first-order chi connectivity index (χ1) is 16.5. The van der Waals surface area contributed by atoms with Crippen LogP contribution in [0.5, 0.6) is 5.75 Å². The van der Waals surface area contributed by atoms with Crippen molar-refractivity contribution >= 4 is 50.9 Å². The number of fused-ring (bicyclic) bond motifs is 3. The van der Waals surface area contributed by atoms with E-state index in [1.165, 1.54) is 23.9 Å². The molecular formula is C25H17BrClFN4OS. The smallest absolute Gasteiger partial charge is 0.227 e. The minimum atomic E-state index is -0.408. The average Bonchev–Trinajstić information content (AvgIpc) is 3.27. The third-order valence-corrected chi connectivity index (χ3v) is 7.26. The van der Waals surface area contributed by atoms with E-state index < -0.39 is 6.10 Å². The maximum Gasteiger partial charge on any atom is 0.227 e. The zero-order chi connectivity index (χ0) is 23.4. The molecule has 1 aromatic heterocycles. The Morgan fingerprint density at radius 1 is 1.06 bits per heavy atom. The van der Waals surface area contributed by atoms with E-state index in [2.05, 4.69) is 26.2 Å². The molecule has 3 heterocycles. The molecule has 0 unspecified atom stereocenters. The normalized spacial score (nSPS) is 18.5. The highest BCUT2D eigenvalue weighted by Gasteiger charge is 2.41. The summed E-state index contributed by atoms with van der Waals surface area (Å²) >= 11 is 11.4. The van der Waals surface area contributed by atoms with Gasteiger partial charge in [0.15, 0.2) is 0 Å². The first-order valence-corrected chi connectivity index (χ1v) is 12.9. The van der Waals surface area contributed by atoms with Crippen molar-refractivity contribution in [1.82, 2.24) is 14.8 Å². The first kappa shape index (κ1) is 21.7. The van der Waals surface area contributed by atoms with Crippen LogP contribution in [0, 0.1) is 5.82 Å². The molecule has 6 rings (SSSR count). The number of hydrogen-bond acceptors (Lipinski definition) is 5. The standard InChI is InChI=1S/C25H17BrClFN4OS/c1-34-25-30-24-29-21-18-12-16(27)8-11-19(18)33-23(14-2-6-15(26)7-3-14)20(21)22(32(24)31-25)13-4-9-17(28)10-5-13/h2-12,22-23H,1H3,(H,29,30,31)/t22-,23+/m0/s1. The Balaban J connectivity index is 1.63. The fourth-order valence-corrected chi connectivity index (χ4v) is 5.23. The zero-order valence-electron chi connectivity index (χ0n) is 17.8. The summed E-state index contributed by atoms with van der Waals surface area (Å²) < 4.78 is 23.3. The molecule has 4 aromatic rings. The Hall–Kier alpha value is -2.81. The largest absolute Gasteiger partial charge is 0.480 e. The molecule has 0 aliphatic carbocycles. The van der Waals surface area contributed by atoms with Gasteiger partial charge >= 0.3 is 0 Å². The van der Waals surface area contributed by atoms with Gasteiger partial charge in [0, 0.05) is 20.6 Å². The van der Waals surface area contributed by atoms with Crippen LogP contribution < -0.4 is 10.1 Å². The zero-order valence-corrected chi connectivity index (χ0v) is 21.0. The van der Waals surface area contributed by atoms with Crippen molar-refractivity contribution in [3.63, 3.8) is 0 Å². The van der Waals surface area contributed by atoms with Crippen molar-refractivity contribution in [3.05, 3.63) is 104 Å². The van der Waals surface area contributed by atoms with Crippen molar-refractivity contribution in [2.75, 3.05) is 11.6 Å². The van der Waals surface area contributed by atoms with Crippen LogP contribution in [0.3, 0.4) is 0 Å². The number of aromatic nitrogens is 3.